The molecule has 4 nitrogen and oxygen atoms in total. The van der Waals surface area contributed by atoms with Gasteiger partial charge in [-0.1, -0.05) is 27.5 Å². The molecular formula is C13H9BrClFN2O2. The van der Waals surface area contributed by atoms with E-state index in [0.717, 1.165) is 0 Å². The van der Waals surface area contributed by atoms with E-state index in [1.54, 1.807) is 12.1 Å². The van der Waals surface area contributed by atoms with Crippen molar-refractivity contribution in [1.29, 1.82) is 0 Å². The van der Waals surface area contributed by atoms with E-state index in [9.17, 15) is 14.5 Å². The molecule has 7 heteroatoms. The number of nitrogens with one attached hydrogen (secondary N) is 1. The zero-order valence-electron chi connectivity index (χ0n) is 10.1. The topological polar surface area (TPSA) is 55.2 Å². The van der Waals surface area contributed by atoms with E-state index >= 15 is 0 Å². The van der Waals surface area contributed by atoms with Crippen LogP contribution in [-0.2, 0) is 6.54 Å². The summed E-state index contributed by atoms with van der Waals surface area (Å²) in [6.07, 6.45) is 0. The van der Waals surface area contributed by atoms with Crippen molar-refractivity contribution in [2.75, 3.05) is 5.32 Å². The molecule has 0 atom stereocenters. The molecule has 2 aromatic carbocycles. The fraction of sp³-hybridized carbons (Fsp3) is 0.0769. The summed E-state index contributed by atoms with van der Waals surface area (Å²) in [6, 6.07) is 8.80. The van der Waals surface area contributed by atoms with Crippen molar-refractivity contribution in [2.45, 2.75) is 6.54 Å². The Labute approximate surface area is 127 Å². The van der Waals surface area contributed by atoms with Crippen LogP contribution >= 0.6 is 27.5 Å². The van der Waals surface area contributed by atoms with E-state index in [1.165, 1.54) is 24.3 Å². The van der Waals surface area contributed by atoms with E-state index in [2.05, 4.69) is 21.2 Å². The number of halogens is 3. The van der Waals surface area contributed by atoms with Gasteiger partial charge in [-0.05, 0) is 30.3 Å². The maximum atomic E-state index is 13.6. The average Bonchev–Trinajstić information content (AvgIpc) is 2.40. The fourth-order valence-corrected chi connectivity index (χ4v) is 2.22. The summed E-state index contributed by atoms with van der Waals surface area (Å²) in [5.74, 6) is -0.415. The fourth-order valence-electron chi connectivity index (χ4n) is 1.67. The molecular weight excluding hydrogens is 351 g/mol. The summed E-state index contributed by atoms with van der Waals surface area (Å²) in [5.41, 5.74) is 0.578. The monoisotopic (exact) mass is 358 g/mol. The van der Waals surface area contributed by atoms with Crippen LogP contribution in [0.15, 0.2) is 40.9 Å². The van der Waals surface area contributed by atoms with Gasteiger partial charge in [0.2, 0.25) is 0 Å². The van der Waals surface area contributed by atoms with Crippen LogP contribution in [0.1, 0.15) is 5.56 Å². The minimum atomic E-state index is -0.499. The van der Waals surface area contributed by atoms with Crippen LogP contribution in [0.2, 0.25) is 5.02 Å². The number of hydrogen-bond acceptors (Lipinski definition) is 3. The third-order valence-corrected chi connectivity index (χ3v) is 3.36. The van der Waals surface area contributed by atoms with Gasteiger partial charge in [0.25, 0.3) is 5.69 Å². The summed E-state index contributed by atoms with van der Waals surface area (Å²) >= 11 is 8.96. The van der Waals surface area contributed by atoms with Crippen molar-refractivity contribution in [3.63, 3.8) is 0 Å². The Balaban J connectivity index is 2.23. The van der Waals surface area contributed by atoms with Gasteiger partial charge in [-0.15, -0.1) is 0 Å². The van der Waals surface area contributed by atoms with Crippen LogP contribution in [0.3, 0.4) is 0 Å². The quantitative estimate of drug-likeness (QED) is 0.632. The normalized spacial score (nSPS) is 10.3. The van der Waals surface area contributed by atoms with Crippen LogP contribution in [0.25, 0.3) is 0 Å². The van der Waals surface area contributed by atoms with Gasteiger partial charge in [-0.2, -0.15) is 0 Å². The highest BCUT2D eigenvalue weighted by atomic mass is 79.9. The lowest BCUT2D eigenvalue weighted by Crippen LogP contribution is -2.04. The molecule has 0 heterocycles. The summed E-state index contributed by atoms with van der Waals surface area (Å²) < 4.78 is 14.2. The number of rotatable bonds is 4. The molecule has 0 aliphatic carbocycles. The van der Waals surface area contributed by atoms with Crippen LogP contribution in [-0.4, -0.2) is 4.92 Å². The minimum Gasteiger partial charge on any atom is -0.375 e. The molecule has 0 unspecified atom stereocenters. The van der Waals surface area contributed by atoms with Gasteiger partial charge >= 0.3 is 0 Å². The smallest absolute Gasteiger partial charge is 0.293 e. The molecule has 0 spiro atoms. The molecule has 0 radical (unpaired) electrons. The Morgan fingerprint density at radius 1 is 1.30 bits per heavy atom. The molecule has 2 aromatic rings. The van der Waals surface area contributed by atoms with Crippen molar-refractivity contribution in [1.82, 2.24) is 0 Å². The van der Waals surface area contributed by atoms with Gasteiger partial charge in [0, 0.05) is 27.7 Å². The number of anilines is 1. The molecule has 20 heavy (non-hydrogen) atoms. The number of nitro benzene ring substituents is 1. The van der Waals surface area contributed by atoms with Crippen LogP contribution in [0, 0.1) is 15.9 Å². The third kappa shape index (κ3) is 3.46. The summed E-state index contributed by atoms with van der Waals surface area (Å²) in [5, 5.41) is 14.2. The predicted molar refractivity (Wildman–Crippen MR) is 79.5 cm³/mol. The maximum absolute atomic E-state index is 13.6. The number of hydrogen-bond donors (Lipinski definition) is 1. The van der Waals surface area contributed by atoms with E-state index in [4.69, 9.17) is 11.6 Å². The zero-order valence-corrected chi connectivity index (χ0v) is 12.4. The van der Waals surface area contributed by atoms with Gasteiger partial charge in [0.15, 0.2) is 0 Å². The highest BCUT2D eigenvalue weighted by Crippen LogP contribution is 2.28. The predicted octanol–water partition coefficient (Wildman–Crippen LogP) is 4.76. The Morgan fingerprint density at radius 2 is 2.05 bits per heavy atom. The Kier molecular flexibility index (Phi) is 4.57. The van der Waals surface area contributed by atoms with Crippen LogP contribution in [0.5, 0.6) is 0 Å². The molecule has 0 fully saturated rings. The number of nitro groups is 1. The molecule has 0 aliphatic rings. The van der Waals surface area contributed by atoms with Crippen molar-refractivity contribution >= 4 is 38.9 Å². The zero-order chi connectivity index (χ0) is 14.7. The van der Waals surface area contributed by atoms with Crippen molar-refractivity contribution in [3.8, 4) is 0 Å². The molecule has 0 aromatic heterocycles. The lowest BCUT2D eigenvalue weighted by molar-refractivity contribution is -0.384. The SMILES string of the molecule is O=[N+]([O-])c1cc(Br)ccc1NCc1cc(Cl)ccc1F. The van der Waals surface area contributed by atoms with Crippen molar-refractivity contribution < 1.29 is 9.31 Å². The third-order valence-electron chi connectivity index (χ3n) is 2.63. The van der Waals surface area contributed by atoms with Gasteiger partial charge in [0.05, 0.1) is 4.92 Å². The number of benzene rings is 2. The summed E-state index contributed by atoms with van der Waals surface area (Å²) in [7, 11) is 0. The lowest BCUT2D eigenvalue weighted by atomic mass is 10.2. The Bertz CT molecular complexity index is 667. The molecule has 1 N–H and O–H groups in total. The van der Waals surface area contributed by atoms with E-state index in [-0.39, 0.29) is 12.2 Å². The molecule has 0 amide bonds. The molecule has 0 saturated heterocycles. The molecule has 104 valence electrons. The first-order valence-electron chi connectivity index (χ1n) is 5.59. The van der Waals surface area contributed by atoms with Crippen LogP contribution in [0.4, 0.5) is 15.8 Å². The minimum absolute atomic E-state index is 0.0817. The first-order chi connectivity index (χ1) is 9.47. The van der Waals surface area contributed by atoms with Crippen LogP contribution < -0.4 is 5.32 Å². The molecule has 0 aliphatic heterocycles. The van der Waals surface area contributed by atoms with Gasteiger partial charge in [-0.3, -0.25) is 10.1 Å². The largest absolute Gasteiger partial charge is 0.375 e. The van der Waals surface area contributed by atoms with Crippen molar-refractivity contribution in [3.05, 3.63) is 67.4 Å². The summed E-state index contributed by atoms with van der Waals surface area (Å²) in [4.78, 5) is 10.5. The summed E-state index contributed by atoms with van der Waals surface area (Å²) in [6.45, 7) is 0.106. The van der Waals surface area contributed by atoms with Gasteiger partial charge in [0.1, 0.15) is 11.5 Å². The van der Waals surface area contributed by atoms with E-state index in [1.807, 2.05) is 0 Å². The second-order valence-corrected chi connectivity index (χ2v) is 5.36. The number of nitrogens with zero attached hydrogens (tertiary/aromatic N) is 1. The van der Waals surface area contributed by atoms with Crippen molar-refractivity contribution in [2.24, 2.45) is 0 Å². The lowest BCUT2D eigenvalue weighted by Gasteiger charge is -2.08. The molecule has 0 bridgehead atoms. The van der Waals surface area contributed by atoms with Gasteiger partial charge in [-0.25, -0.2) is 4.39 Å². The standard InChI is InChI=1S/C13H9BrClFN2O2/c14-9-1-4-12(13(6-9)18(19)20)17-7-8-5-10(15)2-3-11(8)16/h1-6,17H,7H2. The first-order valence-corrected chi connectivity index (χ1v) is 6.76. The highest BCUT2D eigenvalue weighted by Gasteiger charge is 2.14. The Morgan fingerprint density at radius 3 is 2.75 bits per heavy atom. The average molecular weight is 360 g/mol. The molecule has 0 saturated carbocycles. The highest BCUT2D eigenvalue weighted by molar-refractivity contribution is 9.10. The van der Waals surface area contributed by atoms with E-state index in [0.29, 0.717) is 20.7 Å². The molecule has 2 rings (SSSR count). The Hall–Kier alpha value is -1.66. The first kappa shape index (κ1) is 14.7. The second-order valence-electron chi connectivity index (χ2n) is 4.01. The van der Waals surface area contributed by atoms with Gasteiger partial charge < -0.3 is 5.32 Å². The second kappa shape index (κ2) is 6.19. The maximum Gasteiger partial charge on any atom is 0.293 e. The van der Waals surface area contributed by atoms with E-state index < -0.39 is 10.7 Å².